The van der Waals surface area contributed by atoms with Crippen molar-refractivity contribution in [3.63, 3.8) is 0 Å². The van der Waals surface area contributed by atoms with Gasteiger partial charge in [-0.3, -0.25) is 0 Å². The summed E-state index contributed by atoms with van der Waals surface area (Å²) in [4.78, 5) is 10.3. The predicted octanol–water partition coefficient (Wildman–Crippen LogP) is -0.0385. The third-order valence-corrected chi connectivity index (χ3v) is 1.88. The van der Waals surface area contributed by atoms with Crippen molar-refractivity contribution in [3.05, 3.63) is 0 Å². The van der Waals surface area contributed by atoms with Crippen molar-refractivity contribution in [2.75, 3.05) is 0 Å². The van der Waals surface area contributed by atoms with Crippen molar-refractivity contribution in [1.29, 1.82) is 0 Å². The topological polar surface area (TPSA) is 78.3 Å². The van der Waals surface area contributed by atoms with Crippen molar-refractivity contribution in [3.8, 4) is 0 Å². The van der Waals surface area contributed by atoms with Crippen LogP contribution >= 0.6 is 0 Å². The van der Waals surface area contributed by atoms with Crippen molar-refractivity contribution >= 4 is 6.09 Å². The van der Waals surface area contributed by atoms with E-state index in [1.165, 1.54) is 0 Å². The highest BCUT2D eigenvalue weighted by Crippen LogP contribution is 2.41. The molecule has 0 aromatic carbocycles. The molecule has 0 aliphatic heterocycles. The Balaban J connectivity index is 2.45. The van der Waals surface area contributed by atoms with Crippen molar-refractivity contribution in [1.82, 2.24) is 0 Å². The van der Waals surface area contributed by atoms with Crippen LogP contribution in [0.25, 0.3) is 0 Å². The van der Waals surface area contributed by atoms with E-state index in [4.69, 9.17) is 16.2 Å². The summed E-state index contributed by atoms with van der Waals surface area (Å²) in [6, 6.07) is -0.111. The zero-order valence-corrected chi connectivity index (χ0v) is 5.96. The van der Waals surface area contributed by atoms with Gasteiger partial charge in [0.05, 0.1) is 0 Å². The summed E-state index contributed by atoms with van der Waals surface area (Å²) in [5.41, 5.74) is 9.96. The Kier molecular flexibility index (Phi) is 1.56. The van der Waals surface area contributed by atoms with Crippen LogP contribution in [0, 0.1) is 0 Å². The second-order valence-electron chi connectivity index (χ2n) is 2.77. The molecule has 1 aliphatic carbocycles. The Morgan fingerprint density at radius 1 is 1.70 bits per heavy atom. The van der Waals surface area contributed by atoms with E-state index in [1.54, 1.807) is 0 Å². The maximum Gasteiger partial charge on any atom is 0.405 e. The largest absolute Gasteiger partial charge is 0.441 e. The van der Waals surface area contributed by atoms with E-state index in [9.17, 15) is 4.79 Å². The van der Waals surface area contributed by atoms with Crippen molar-refractivity contribution in [2.45, 2.75) is 31.4 Å². The van der Waals surface area contributed by atoms with Gasteiger partial charge in [-0.25, -0.2) is 4.79 Å². The van der Waals surface area contributed by atoms with Gasteiger partial charge in [0.25, 0.3) is 0 Å². The summed E-state index contributed by atoms with van der Waals surface area (Å²) in [7, 11) is 0. The van der Waals surface area contributed by atoms with E-state index < -0.39 is 11.7 Å². The van der Waals surface area contributed by atoms with Crippen molar-refractivity contribution in [2.24, 2.45) is 11.5 Å². The van der Waals surface area contributed by atoms with E-state index in [0.29, 0.717) is 0 Å². The second-order valence-corrected chi connectivity index (χ2v) is 2.77. The smallest absolute Gasteiger partial charge is 0.405 e. The number of nitrogens with two attached hydrogens (primary N) is 2. The van der Waals surface area contributed by atoms with Gasteiger partial charge >= 0.3 is 6.09 Å². The maximum absolute atomic E-state index is 10.3. The van der Waals surface area contributed by atoms with Gasteiger partial charge in [-0.05, 0) is 19.8 Å². The lowest BCUT2D eigenvalue weighted by molar-refractivity contribution is 0.0772. The molecule has 4 N–H and O–H groups in total. The van der Waals surface area contributed by atoms with Gasteiger partial charge in [0.2, 0.25) is 0 Å². The van der Waals surface area contributed by atoms with Gasteiger partial charge in [0.1, 0.15) is 5.60 Å². The van der Waals surface area contributed by atoms with Gasteiger partial charge in [-0.15, -0.1) is 0 Å². The molecule has 0 aromatic heterocycles. The molecular formula is C6H12N2O2. The minimum Gasteiger partial charge on any atom is -0.441 e. The molecule has 0 radical (unpaired) electrons. The molecule has 1 rings (SSSR count). The van der Waals surface area contributed by atoms with Gasteiger partial charge in [-0.2, -0.15) is 0 Å². The SMILES string of the molecule is CC(N)C1(OC(N)=O)CC1. The first-order valence-electron chi connectivity index (χ1n) is 3.31. The molecule has 4 nitrogen and oxygen atoms in total. The monoisotopic (exact) mass is 144 g/mol. The highest BCUT2D eigenvalue weighted by atomic mass is 16.6. The zero-order chi connectivity index (χ0) is 7.78. The third-order valence-electron chi connectivity index (χ3n) is 1.88. The first-order valence-corrected chi connectivity index (χ1v) is 3.31. The Hall–Kier alpha value is -0.770. The minimum absolute atomic E-state index is 0.111. The molecule has 0 spiro atoms. The van der Waals surface area contributed by atoms with Crippen LogP contribution in [-0.4, -0.2) is 17.7 Å². The van der Waals surface area contributed by atoms with Crippen LogP contribution < -0.4 is 11.5 Å². The van der Waals surface area contributed by atoms with Crippen LogP contribution in [0.4, 0.5) is 4.79 Å². The maximum atomic E-state index is 10.3. The average Bonchev–Trinajstić information content (AvgIpc) is 2.46. The molecule has 1 amide bonds. The van der Waals surface area contributed by atoms with E-state index in [0.717, 1.165) is 12.8 Å². The number of rotatable bonds is 2. The summed E-state index contributed by atoms with van der Waals surface area (Å²) < 4.78 is 4.82. The predicted molar refractivity (Wildman–Crippen MR) is 36.3 cm³/mol. The number of primary amides is 1. The number of hydrogen-bond donors (Lipinski definition) is 2. The van der Waals surface area contributed by atoms with Crippen LogP contribution in [0.5, 0.6) is 0 Å². The van der Waals surface area contributed by atoms with Crippen LogP contribution in [-0.2, 0) is 4.74 Å². The van der Waals surface area contributed by atoms with E-state index in [-0.39, 0.29) is 6.04 Å². The molecule has 1 atom stereocenters. The molecule has 1 aliphatic rings. The lowest BCUT2D eigenvalue weighted by atomic mass is 10.2. The highest BCUT2D eigenvalue weighted by molar-refractivity contribution is 5.65. The first-order chi connectivity index (χ1) is 4.57. The Morgan fingerprint density at radius 2 is 2.20 bits per heavy atom. The number of ether oxygens (including phenoxy) is 1. The number of amides is 1. The molecule has 58 valence electrons. The molecule has 1 fully saturated rings. The van der Waals surface area contributed by atoms with Crippen LogP contribution in [0.3, 0.4) is 0 Å². The second kappa shape index (κ2) is 2.12. The lowest BCUT2D eigenvalue weighted by Gasteiger charge is -2.18. The lowest BCUT2D eigenvalue weighted by Crippen LogP contribution is -2.39. The Morgan fingerprint density at radius 3 is 2.30 bits per heavy atom. The highest BCUT2D eigenvalue weighted by Gasteiger charge is 2.49. The quantitative estimate of drug-likeness (QED) is 0.570. The fourth-order valence-electron chi connectivity index (χ4n) is 0.974. The van der Waals surface area contributed by atoms with Crippen molar-refractivity contribution < 1.29 is 9.53 Å². The number of carbonyl (C=O) groups excluding carboxylic acids is 1. The van der Waals surface area contributed by atoms with Crippen LogP contribution in [0.2, 0.25) is 0 Å². The van der Waals surface area contributed by atoms with E-state index in [2.05, 4.69) is 0 Å². The molecule has 0 aromatic rings. The molecule has 0 heterocycles. The molecule has 4 heteroatoms. The minimum atomic E-state index is -0.727. The molecule has 0 saturated heterocycles. The summed E-state index contributed by atoms with van der Waals surface area (Å²) in [6.45, 7) is 1.82. The summed E-state index contributed by atoms with van der Waals surface area (Å²) in [6.07, 6.45) is 0.955. The summed E-state index contributed by atoms with van der Waals surface area (Å²) in [5.74, 6) is 0. The Labute approximate surface area is 59.5 Å². The summed E-state index contributed by atoms with van der Waals surface area (Å²) >= 11 is 0. The number of hydrogen-bond acceptors (Lipinski definition) is 3. The fraction of sp³-hybridized carbons (Fsp3) is 0.833. The average molecular weight is 144 g/mol. The summed E-state index contributed by atoms with van der Waals surface area (Å²) in [5, 5.41) is 0. The molecule has 1 saturated carbocycles. The van der Waals surface area contributed by atoms with Gasteiger partial charge in [0, 0.05) is 6.04 Å². The van der Waals surface area contributed by atoms with Gasteiger partial charge in [0.15, 0.2) is 0 Å². The van der Waals surface area contributed by atoms with Gasteiger partial charge in [-0.1, -0.05) is 0 Å². The van der Waals surface area contributed by atoms with Gasteiger partial charge < -0.3 is 16.2 Å². The third kappa shape index (κ3) is 1.21. The Bertz CT molecular complexity index is 152. The van der Waals surface area contributed by atoms with Crippen LogP contribution in [0.1, 0.15) is 19.8 Å². The standard InChI is InChI=1S/C6H12N2O2/c1-4(7)6(2-3-6)10-5(8)9/h4H,2-3,7H2,1H3,(H2,8,9). The van der Waals surface area contributed by atoms with Crippen LogP contribution in [0.15, 0.2) is 0 Å². The molecular weight excluding hydrogens is 132 g/mol. The molecule has 0 bridgehead atoms. The first kappa shape index (κ1) is 7.34. The zero-order valence-electron chi connectivity index (χ0n) is 5.96. The van der Waals surface area contributed by atoms with E-state index in [1.807, 2.05) is 6.92 Å². The molecule has 1 unspecified atom stereocenters. The van der Waals surface area contributed by atoms with E-state index >= 15 is 0 Å². The normalized spacial score (nSPS) is 23.4. The number of carbonyl (C=O) groups is 1. The molecule has 10 heavy (non-hydrogen) atoms. The fourth-order valence-corrected chi connectivity index (χ4v) is 0.974.